The number of nitriles is 1. The highest BCUT2D eigenvalue weighted by atomic mass is 16.3. The minimum absolute atomic E-state index is 0.447. The number of hydrogen-bond acceptors (Lipinski definition) is 4. The van der Waals surface area contributed by atoms with E-state index in [0.29, 0.717) is 24.0 Å². The molecule has 0 spiro atoms. The molecule has 2 heterocycles. The van der Waals surface area contributed by atoms with Crippen LogP contribution in [-0.4, -0.2) is 25.5 Å². The van der Waals surface area contributed by atoms with Gasteiger partial charge in [0.15, 0.2) is 0 Å². The highest BCUT2D eigenvalue weighted by Gasteiger charge is 2.56. The Hall–Kier alpha value is -3.67. The quantitative estimate of drug-likeness (QED) is 0.652. The van der Waals surface area contributed by atoms with Gasteiger partial charge >= 0.3 is 0 Å². The van der Waals surface area contributed by atoms with Crippen LogP contribution in [0.2, 0.25) is 0 Å². The third-order valence-electron chi connectivity index (χ3n) is 6.80. The van der Waals surface area contributed by atoms with Crippen molar-refractivity contribution in [3.8, 4) is 23.6 Å². The highest BCUT2D eigenvalue weighted by Crippen LogP contribution is 2.57. The zero-order valence-electron chi connectivity index (χ0n) is 17.3. The van der Waals surface area contributed by atoms with Gasteiger partial charge in [0.2, 0.25) is 0 Å². The van der Waals surface area contributed by atoms with E-state index < -0.39 is 11.0 Å². The monoisotopic (exact) mass is 406 g/mol. The predicted octanol–water partition coefficient (Wildman–Crippen LogP) is 4.05. The van der Waals surface area contributed by atoms with Crippen LogP contribution < -0.4 is 0 Å². The van der Waals surface area contributed by atoms with E-state index in [0.717, 1.165) is 29.8 Å². The van der Waals surface area contributed by atoms with Crippen molar-refractivity contribution >= 4 is 6.08 Å². The number of aromatic nitrogens is 3. The van der Waals surface area contributed by atoms with Crippen molar-refractivity contribution in [2.24, 2.45) is 5.41 Å². The first-order valence-electron chi connectivity index (χ1n) is 10.5. The molecule has 2 aliphatic carbocycles. The molecule has 2 atom stereocenters. The fourth-order valence-electron chi connectivity index (χ4n) is 5.07. The molecule has 2 aliphatic rings. The Kier molecular flexibility index (Phi) is 4.50. The summed E-state index contributed by atoms with van der Waals surface area (Å²) in [6.07, 6.45) is 10.5. The molecule has 1 fully saturated rings. The maximum atomic E-state index is 11.8. The lowest BCUT2D eigenvalue weighted by molar-refractivity contribution is 0.00242. The largest absolute Gasteiger partial charge is 0.377 e. The van der Waals surface area contributed by atoms with E-state index in [1.807, 2.05) is 41.2 Å². The fourth-order valence-corrected chi connectivity index (χ4v) is 5.07. The Labute approximate surface area is 181 Å². The molecule has 5 rings (SSSR count). The lowest BCUT2D eigenvalue weighted by Gasteiger charge is -2.41. The van der Waals surface area contributed by atoms with Gasteiger partial charge in [0, 0.05) is 17.2 Å². The molecule has 0 aliphatic heterocycles. The van der Waals surface area contributed by atoms with Crippen molar-refractivity contribution in [2.45, 2.75) is 38.2 Å². The summed E-state index contributed by atoms with van der Waals surface area (Å²) >= 11 is 0. The smallest absolute Gasteiger partial charge is 0.135 e. The summed E-state index contributed by atoms with van der Waals surface area (Å²) < 4.78 is 1.92. The highest BCUT2D eigenvalue weighted by molar-refractivity contribution is 5.64. The topological polar surface area (TPSA) is 74.7 Å². The summed E-state index contributed by atoms with van der Waals surface area (Å²) in [6, 6.07) is 13.3. The molecule has 1 unspecified atom stereocenters. The van der Waals surface area contributed by atoms with Gasteiger partial charge in [-0.2, -0.15) is 10.4 Å². The number of benzene rings is 1. The maximum Gasteiger partial charge on any atom is 0.135 e. The van der Waals surface area contributed by atoms with Crippen LogP contribution in [0.15, 0.2) is 60.6 Å². The van der Waals surface area contributed by atoms with Gasteiger partial charge in [-0.3, -0.25) is 4.98 Å². The Balaban J connectivity index is 1.57. The van der Waals surface area contributed by atoms with Crippen molar-refractivity contribution in [3.05, 3.63) is 82.9 Å². The first-order valence-corrected chi connectivity index (χ1v) is 10.5. The normalized spacial score (nSPS) is 23.7. The Bertz CT molecular complexity index is 1290. The van der Waals surface area contributed by atoms with Crippen molar-refractivity contribution in [3.63, 3.8) is 0 Å². The average Bonchev–Trinajstić information content (AvgIpc) is 3.35. The summed E-state index contributed by atoms with van der Waals surface area (Å²) in [7, 11) is 0. The van der Waals surface area contributed by atoms with Crippen LogP contribution in [-0.2, 0) is 6.42 Å². The molecule has 3 aromatic rings. The standard InChI is InChI=1S/C26H22N4O/c1-2-25-15-21-17-29-30(23-8-5-13-28-18-23)24(21)14-22(25)10-12-26(25,31)11-9-19-6-3-4-7-20(19)16-27/h3-8,13-14,17-18,31H,2,10,12,15H2,1H3/t25?,26-/m0/s1. The molecule has 2 aromatic heterocycles. The molecule has 31 heavy (non-hydrogen) atoms. The van der Waals surface area contributed by atoms with Gasteiger partial charge in [-0.1, -0.05) is 36.5 Å². The van der Waals surface area contributed by atoms with Gasteiger partial charge in [-0.25, -0.2) is 4.68 Å². The Morgan fingerprint density at radius 3 is 2.74 bits per heavy atom. The molecule has 0 saturated heterocycles. The average molecular weight is 406 g/mol. The van der Waals surface area contributed by atoms with Crippen LogP contribution in [0.25, 0.3) is 11.8 Å². The molecule has 0 bridgehead atoms. The van der Waals surface area contributed by atoms with Crippen molar-refractivity contribution in [2.75, 3.05) is 0 Å². The van der Waals surface area contributed by atoms with Gasteiger partial charge in [0.25, 0.3) is 0 Å². The third-order valence-corrected chi connectivity index (χ3v) is 6.80. The van der Waals surface area contributed by atoms with Crippen LogP contribution in [0.5, 0.6) is 0 Å². The van der Waals surface area contributed by atoms with Crippen LogP contribution in [0.3, 0.4) is 0 Å². The molecule has 0 amide bonds. The Morgan fingerprint density at radius 2 is 2.00 bits per heavy atom. The minimum atomic E-state index is -1.15. The number of fused-ring (bicyclic) bond motifs is 2. The second-order valence-electron chi connectivity index (χ2n) is 8.23. The summed E-state index contributed by atoms with van der Waals surface area (Å²) in [6.45, 7) is 2.12. The summed E-state index contributed by atoms with van der Waals surface area (Å²) in [4.78, 5) is 4.21. The number of aliphatic hydroxyl groups is 1. The van der Waals surface area contributed by atoms with E-state index in [4.69, 9.17) is 0 Å². The van der Waals surface area contributed by atoms with E-state index in [-0.39, 0.29) is 0 Å². The van der Waals surface area contributed by atoms with Gasteiger partial charge < -0.3 is 5.11 Å². The first-order chi connectivity index (χ1) is 15.1. The number of pyridine rings is 1. The lowest BCUT2D eigenvalue weighted by atomic mass is 9.64. The molecule has 1 N–H and O–H groups in total. The number of rotatable bonds is 2. The van der Waals surface area contributed by atoms with Crippen LogP contribution >= 0.6 is 0 Å². The van der Waals surface area contributed by atoms with Gasteiger partial charge in [0.1, 0.15) is 11.7 Å². The molecule has 5 nitrogen and oxygen atoms in total. The summed E-state index contributed by atoms with van der Waals surface area (Å²) in [5.74, 6) is 6.30. The van der Waals surface area contributed by atoms with E-state index >= 15 is 0 Å². The second kappa shape index (κ2) is 7.23. The van der Waals surface area contributed by atoms with E-state index in [9.17, 15) is 10.4 Å². The van der Waals surface area contributed by atoms with Crippen LogP contribution in [0.1, 0.15) is 48.6 Å². The minimum Gasteiger partial charge on any atom is -0.377 e. The van der Waals surface area contributed by atoms with E-state index in [2.05, 4.69) is 41.0 Å². The van der Waals surface area contributed by atoms with Crippen LogP contribution in [0.4, 0.5) is 0 Å². The molecule has 5 heteroatoms. The number of hydrogen-bond donors (Lipinski definition) is 1. The number of nitrogens with zero attached hydrogens (tertiary/aromatic N) is 4. The van der Waals surface area contributed by atoms with Gasteiger partial charge in [0.05, 0.1) is 29.3 Å². The zero-order valence-corrected chi connectivity index (χ0v) is 17.3. The second-order valence-corrected chi connectivity index (χ2v) is 8.23. The summed E-state index contributed by atoms with van der Waals surface area (Å²) in [5.41, 5.74) is 3.89. The predicted molar refractivity (Wildman–Crippen MR) is 118 cm³/mol. The van der Waals surface area contributed by atoms with Crippen molar-refractivity contribution < 1.29 is 5.11 Å². The van der Waals surface area contributed by atoms with E-state index in [1.54, 1.807) is 18.5 Å². The SMILES string of the molecule is CCC12Cc3cnn(-c4cccnc4)c3C=C1CC[C@@]2(O)C#Cc1ccccc1C#N. The molecule has 1 aromatic carbocycles. The maximum absolute atomic E-state index is 11.8. The molecular weight excluding hydrogens is 384 g/mol. The molecular formula is C26H22N4O. The fraction of sp³-hybridized carbons (Fsp3) is 0.269. The van der Waals surface area contributed by atoms with Crippen molar-refractivity contribution in [1.29, 1.82) is 5.26 Å². The third kappa shape index (κ3) is 2.90. The molecule has 0 radical (unpaired) electrons. The van der Waals surface area contributed by atoms with Crippen LogP contribution in [0, 0.1) is 28.6 Å². The molecule has 1 saturated carbocycles. The Morgan fingerprint density at radius 1 is 1.16 bits per heavy atom. The zero-order chi connectivity index (χ0) is 21.5. The van der Waals surface area contributed by atoms with E-state index in [1.165, 1.54) is 5.57 Å². The first kappa shape index (κ1) is 19.3. The van der Waals surface area contributed by atoms with Crippen molar-refractivity contribution in [1.82, 2.24) is 14.8 Å². The summed E-state index contributed by atoms with van der Waals surface area (Å²) in [5, 5.41) is 25.7. The molecule has 152 valence electrons. The van der Waals surface area contributed by atoms with Gasteiger partial charge in [-0.15, -0.1) is 0 Å². The van der Waals surface area contributed by atoms with Gasteiger partial charge in [-0.05, 0) is 61.6 Å². The lowest BCUT2D eigenvalue weighted by Crippen LogP contribution is -2.46.